The van der Waals surface area contributed by atoms with E-state index in [4.69, 9.17) is 4.74 Å². The minimum Gasteiger partial charge on any atom is -0.497 e. The lowest BCUT2D eigenvalue weighted by atomic mass is 9.84. The fraction of sp³-hybridized carbons (Fsp3) is 0.520. The number of hydrogen-bond donors (Lipinski definition) is 1. The summed E-state index contributed by atoms with van der Waals surface area (Å²) < 4.78 is 5.31. The van der Waals surface area contributed by atoms with Gasteiger partial charge >= 0.3 is 0 Å². The summed E-state index contributed by atoms with van der Waals surface area (Å²) in [4.78, 5) is 2.62. The molecule has 5 rings (SSSR count). The third-order valence-electron chi connectivity index (χ3n) is 6.81. The van der Waals surface area contributed by atoms with E-state index in [0.29, 0.717) is 6.42 Å². The summed E-state index contributed by atoms with van der Waals surface area (Å²) in [5, 5.41) is 11.8. The van der Waals surface area contributed by atoms with Crippen molar-refractivity contribution in [2.24, 2.45) is 11.8 Å². The second-order valence-corrected chi connectivity index (χ2v) is 8.82. The van der Waals surface area contributed by atoms with Crippen LogP contribution in [0.25, 0.3) is 0 Å². The number of aliphatic hydroxyl groups is 1. The second kappa shape index (κ2) is 8.67. The Kier molecular flexibility index (Phi) is 6.03. The monoisotopic (exact) mass is 379 g/mol. The van der Waals surface area contributed by atoms with Crippen LogP contribution < -0.4 is 4.74 Å². The van der Waals surface area contributed by atoms with Gasteiger partial charge in [-0.25, -0.2) is 0 Å². The smallest absolute Gasteiger partial charge is 0.118 e. The van der Waals surface area contributed by atoms with Gasteiger partial charge < -0.3 is 14.7 Å². The number of nitrogens with zero attached hydrogens (tertiary/aromatic N) is 1. The van der Waals surface area contributed by atoms with Crippen molar-refractivity contribution in [2.45, 2.75) is 44.1 Å². The molecule has 3 aliphatic rings. The van der Waals surface area contributed by atoms with Crippen molar-refractivity contribution in [2.75, 3.05) is 26.7 Å². The number of ether oxygens (including phenoxy) is 1. The maximum atomic E-state index is 11.8. The van der Waals surface area contributed by atoms with E-state index in [-0.39, 0.29) is 0 Å². The summed E-state index contributed by atoms with van der Waals surface area (Å²) >= 11 is 0. The average Bonchev–Trinajstić information content (AvgIpc) is 3.06. The van der Waals surface area contributed by atoms with Crippen molar-refractivity contribution in [1.29, 1.82) is 0 Å². The van der Waals surface area contributed by atoms with Crippen LogP contribution in [0.1, 0.15) is 43.2 Å². The van der Waals surface area contributed by atoms with E-state index in [1.165, 1.54) is 44.3 Å². The quantitative estimate of drug-likeness (QED) is 0.761. The average molecular weight is 380 g/mol. The molecule has 3 nitrogen and oxygen atoms in total. The van der Waals surface area contributed by atoms with Gasteiger partial charge in [0, 0.05) is 26.1 Å². The summed E-state index contributed by atoms with van der Waals surface area (Å²) in [5.41, 5.74) is 1.30. The number of benzene rings is 2. The number of hydrogen-bond acceptors (Lipinski definition) is 3. The fourth-order valence-electron chi connectivity index (χ4n) is 5.10. The Morgan fingerprint density at radius 1 is 0.929 bits per heavy atom. The molecule has 2 bridgehead atoms. The zero-order chi connectivity index (χ0) is 19.4. The first-order chi connectivity index (χ1) is 13.6. The van der Waals surface area contributed by atoms with Crippen LogP contribution in [0.5, 0.6) is 5.75 Å². The van der Waals surface area contributed by atoms with Crippen LogP contribution in [0.2, 0.25) is 0 Å². The van der Waals surface area contributed by atoms with Gasteiger partial charge in [0.25, 0.3) is 0 Å². The molecule has 0 amide bonds. The van der Waals surface area contributed by atoms with Gasteiger partial charge in [-0.15, -0.1) is 0 Å². The van der Waals surface area contributed by atoms with Gasteiger partial charge in [-0.1, -0.05) is 42.5 Å². The molecular weight excluding hydrogens is 346 g/mol. The van der Waals surface area contributed by atoms with Gasteiger partial charge in [0.15, 0.2) is 0 Å². The maximum Gasteiger partial charge on any atom is 0.118 e. The molecule has 1 saturated carbocycles. The second-order valence-electron chi connectivity index (χ2n) is 8.82. The number of methoxy groups -OCH3 is 1. The Balaban J connectivity index is 1.51. The van der Waals surface area contributed by atoms with Gasteiger partial charge in [-0.05, 0) is 67.2 Å². The van der Waals surface area contributed by atoms with Crippen LogP contribution in [0.3, 0.4) is 0 Å². The highest BCUT2D eigenvalue weighted by molar-refractivity contribution is 5.32. The molecule has 2 saturated heterocycles. The molecule has 2 aromatic carbocycles. The first-order valence-corrected chi connectivity index (χ1v) is 10.8. The lowest BCUT2D eigenvalue weighted by Crippen LogP contribution is -2.37. The highest BCUT2D eigenvalue weighted by atomic mass is 16.5. The van der Waals surface area contributed by atoms with Crippen LogP contribution in [-0.2, 0) is 12.0 Å². The molecule has 3 heteroatoms. The molecule has 2 aromatic rings. The van der Waals surface area contributed by atoms with Gasteiger partial charge in [0.2, 0.25) is 0 Å². The van der Waals surface area contributed by atoms with E-state index in [1.54, 1.807) is 7.11 Å². The lowest BCUT2D eigenvalue weighted by Gasteiger charge is -2.32. The van der Waals surface area contributed by atoms with Crippen LogP contribution >= 0.6 is 0 Å². The normalized spacial score (nSPS) is 24.5. The Hall–Kier alpha value is -1.84. The van der Waals surface area contributed by atoms with Crippen molar-refractivity contribution in [3.05, 3.63) is 65.7 Å². The molecule has 0 unspecified atom stereocenters. The summed E-state index contributed by atoms with van der Waals surface area (Å²) in [6.45, 7) is 3.38. The number of rotatable bonds is 7. The van der Waals surface area contributed by atoms with E-state index in [9.17, 15) is 5.11 Å². The molecule has 0 aromatic heterocycles. The number of fused-ring (bicyclic) bond motifs is 4. The van der Waals surface area contributed by atoms with E-state index < -0.39 is 5.60 Å². The molecule has 0 spiro atoms. The Bertz CT molecular complexity index is 723. The molecule has 0 radical (unpaired) electrons. The van der Waals surface area contributed by atoms with Gasteiger partial charge in [0.05, 0.1) is 12.7 Å². The fourth-order valence-corrected chi connectivity index (χ4v) is 5.10. The molecule has 1 atom stereocenters. The molecule has 28 heavy (non-hydrogen) atoms. The SMILES string of the molecule is COc1ccc([C@@](O)(CCN2CC3CCC(CC3)C2)Cc2ccccc2)cc1. The van der Waals surface area contributed by atoms with Crippen molar-refractivity contribution in [3.8, 4) is 5.75 Å². The summed E-state index contributed by atoms with van der Waals surface area (Å²) in [5.74, 6) is 2.55. The van der Waals surface area contributed by atoms with Gasteiger partial charge in [-0.3, -0.25) is 0 Å². The molecular formula is C25H33NO2. The first-order valence-electron chi connectivity index (χ1n) is 10.8. The lowest BCUT2D eigenvalue weighted by molar-refractivity contribution is 0.0162. The van der Waals surface area contributed by atoms with Crippen LogP contribution in [0.15, 0.2) is 54.6 Å². The minimum absolute atomic E-state index is 0.640. The van der Waals surface area contributed by atoms with E-state index in [2.05, 4.69) is 29.2 Å². The third kappa shape index (κ3) is 4.59. The van der Waals surface area contributed by atoms with Gasteiger partial charge in [-0.2, -0.15) is 0 Å². The third-order valence-corrected chi connectivity index (χ3v) is 6.81. The molecule has 3 fully saturated rings. The molecule has 1 N–H and O–H groups in total. The summed E-state index contributed by atoms with van der Waals surface area (Å²) in [6.07, 6.45) is 6.98. The largest absolute Gasteiger partial charge is 0.497 e. The minimum atomic E-state index is -0.862. The maximum absolute atomic E-state index is 11.8. The van der Waals surface area contributed by atoms with Gasteiger partial charge in [0.1, 0.15) is 5.75 Å². The van der Waals surface area contributed by atoms with Crippen molar-refractivity contribution >= 4 is 0 Å². The van der Waals surface area contributed by atoms with Crippen LogP contribution in [-0.4, -0.2) is 36.8 Å². The first kappa shape index (κ1) is 19.5. The zero-order valence-electron chi connectivity index (χ0n) is 17.0. The zero-order valence-corrected chi connectivity index (χ0v) is 17.0. The Morgan fingerprint density at radius 3 is 2.11 bits per heavy atom. The van der Waals surface area contributed by atoms with E-state index in [0.717, 1.165) is 36.1 Å². The van der Waals surface area contributed by atoms with Crippen molar-refractivity contribution in [1.82, 2.24) is 4.90 Å². The van der Waals surface area contributed by atoms with E-state index >= 15 is 0 Å². The molecule has 2 aliphatic heterocycles. The van der Waals surface area contributed by atoms with Crippen molar-refractivity contribution in [3.63, 3.8) is 0 Å². The van der Waals surface area contributed by atoms with Crippen molar-refractivity contribution < 1.29 is 9.84 Å². The molecule has 1 aliphatic carbocycles. The van der Waals surface area contributed by atoms with E-state index in [1.807, 2.05) is 30.3 Å². The molecule has 2 heterocycles. The summed E-state index contributed by atoms with van der Waals surface area (Å²) in [6, 6.07) is 18.3. The van der Waals surface area contributed by atoms with Crippen LogP contribution in [0.4, 0.5) is 0 Å². The predicted octanol–water partition coefficient (Wildman–Crippen LogP) is 4.64. The molecule has 150 valence electrons. The standard InChI is InChI=1S/C25H33NO2/c1-28-24-13-11-23(12-14-24)25(27,17-20-5-3-2-4-6-20)15-16-26-18-21-7-8-22(19-26)10-9-21/h2-6,11-14,21-22,27H,7-10,15-19H2,1H3/t21?,22?,25-/m1/s1. The highest BCUT2D eigenvalue weighted by Gasteiger charge is 2.33. The Labute approximate surface area is 169 Å². The Morgan fingerprint density at radius 2 is 1.54 bits per heavy atom. The summed E-state index contributed by atoms with van der Waals surface area (Å²) in [7, 11) is 1.68. The predicted molar refractivity (Wildman–Crippen MR) is 114 cm³/mol. The van der Waals surface area contributed by atoms with Crippen LogP contribution in [0, 0.1) is 11.8 Å². The highest BCUT2D eigenvalue weighted by Crippen LogP contribution is 2.36. The topological polar surface area (TPSA) is 32.7 Å².